The number of fused-ring (bicyclic) bond motifs is 1. The Morgan fingerprint density at radius 3 is 2.62 bits per heavy atom. The smallest absolute Gasteiger partial charge is 0.282 e. The summed E-state index contributed by atoms with van der Waals surface area (Å²) < 4.78 is 14.1. The minimum Gasteiger partial charge on any atom is -0.493 e. The van der Waals surface area contributed by atoms with Gasteiger partial charge in [0.2, 0.25) is 0 Å². The van der Waals surface area contributed by atoms with Crippen LogP contribution in [0.5, 0.6) is 11.5 Å². The number of ether oxygens (including phenoxy) is 2. The lowest BCUT2D eigenvalue weighted by Crippen LogP contribution is -2.25. The molecular formula is C30H30BrN3O3. The van der Waals surface area contributed by atoms with Crippen molar-refractivity contribution in [3.8, 4) is 11.5 Å². The zero-order valence-corrected chi connectivity index (χ0v) is 22.7. The number of hydrogen-bond donors (Lipinski definition) is 0. The predicted octanol–water partition coefficient (Wildman–Crippen LogP) is 6.98. The number of rotatable bonds is 7. The van der Waals surface area contributed by atoms with E-state index in [1.807, 2.05) is 48.5 Å². The van der Waals surface area contributed by atoms with Crippen molar-refractivity contribution in [1.82, 2.24) is 9.66 Å². The molecule has 0 amide bonds. The molecule has 1 aliphatic rings. The number of benzene rings is 3. The summed E-state index contributed by atoms with van der Waals surface area (Å²) >= 11 is 3.48. The van der Waals surface area contributed by atoms with Gasteiger partial charge in [-0.2, -0.15) is 9.78 Å². The Kier molecular flexibility index (Phi) is 7.70. The van der Waals surface area contributed by atoms with Gasteiger partial charge in [0.15, 0.2) is 11.5 Å². The largest absolute Gasteiger partial charge is 0.493 e. The minimum atomic E-state index is -0.173. The number of aryl methyl sites for hydroxylation is 1. The van der Waals surface area contributed by atoms with Crippen molar-refractivity contribution < 1.29 is 9.47 Å². The molecule has 1 aromatic heterocycles. The molecule has 0 spiro atoms. The molecule has 190 valence electrons. The summed E-state index contributed by atoms with van der Waals surface area (Å²) in [6.07, 6.45) is 7.18. The van der Waals surface area contributed by atoms with Crippen LogP contribution in [0.3, 0.4) is 0 Å². The van der Waals surface area contributed by atoms with Crippen molar-refractivity contribution >= 4 is 33.0 Å². The normalized spacial score (nSPS) is 14.4. The minimum absolute atomic E-state index is 0.173. The van der Waals surface area contributed by atoms with Crippen LogP contribution >= 0.6 is 15.9 Å². The molecule has 4 aromatic rings. The molecule has 1 fully saturated rings. The Labute approximate surface area is 225 Å². The maximum atomic E-state index is 13.6. The van der Waals surface area contributed by atoms with Crippen LogP contribution in [0.4, 0.5) is 0 Å². The summed E-state index contributed by atoms with van der Waals surface area (Å²) in [7, 11) is 1.62. The number of aromatic nitrogens is 2. The van der Waals surface area contributed by atoms with Gasteiger partial charge >= 0.3 is 0 Å². The third kappa shape index (κ3) is 5.62. The molecule has 1 aliphatic carbocycles. The van der Waals surface area contributed by atoms with E-state index < -0.39 is 0 Å². The average molecular weight is 560 g/mol. The summed E-state index contributed by atoms with van der Waals surface area (Å²) in [5.41, 5.74) is 3.50. The summed E-state index contributed by atoms with van der Waals surface area (Å²) in [5, 5.41) is 5.23. The molecule has 1 saturated carbocycles. The summed E-state index contributed by atoms with van der Waals surface area (Å²) in [6, 6.07) is 19.5. The van der Waals surface area contributed by atoms with E-state index in [4.69, 9.17) is 19.6 Å². The highest BCUT2D eigenvalue weighted by Crippen LogP contribution is 2.33. The molecule has 6 nitrogen and oxygen atoms in total. The van der Waals surface area contributed by atoms with Gasteiger partial charge in [-0.3, -0.25) is 4.79 Å². The van der Waals surface area contributed by atoms with Crippen molar-refractivity contribution in [2.45, 2.75) is 51.6 Å². The predicted molar refractivity (Wildman–Crippen MR) is 151 cm³/mol. The van der Waals surface area contributed by atoms with E-state index in [1.54, 1.807) is 13.3 Å². The molecule has 0 saturated heterocycles. The Balaban J connectivity index is 1.55. The molecule has 0 aliphatic heterocycles. The first-order valence-corrected chi connectivity index (χ1v) is 13.4. The molecule has 0 N–H and O–H groups in total. The molecule has 0 atom stereocenters. The van der Waals surface area contributed by atoms with Crippen LogP contribution in [-0.2, 0) is 6.61 Å². The second-order valence-electron chi connectivity index (χ2n) is 9.48. The Morgan fingerprint density at radius 1 is 1.08 bits per heavy atom. The molecule has 3 aromatic carbocycles. The highest BCUT2D eigenvalue weighted by Gasteiger charge is 2.22. The van der Waals surface area contributed by atoms with Gasteiger partial charge < -0.3 is 9.47 Å². The van der Waals surface area contributed by atoms with Gasteiger partial charge in [0.05, 0.1) is 24.2 Å². The maximum Gasteiger partial charge on any atom is 0.282 e. The first-order valence-electron chi connectivity index (χ1n) is 12.7. The molecule has 5 rings (SSSR count). The number of hydrogen-bond acceptors (Lipinski definition) is 5. The van der Waals surface area contributed by atoms with Crippen molar-refractivity contribution in [2.75, 3.05) is 7.11 Å². The van der Waals surface area contributed by atoms with E-state index in [0.717, 1.165) is 47.1 Å². The van der Waals surface area contributed by atoms with Crippen molar-refractivity contribution in [1.29, 1.82) is 0 Å². The van der Waals surface area contributed by atoms with Crippen LogP contribution in [0.1, 0.15) is 60.5 Å². The molecular weight excluding hydrogens is 530 g/mol. The van der Waals surface area contributed by atoms with Gasteiger partial charge in [-0.1, -0.05) is 71.1 Å². The van der Waals surface area contributed by atoms with Gasteiger partial charge in [0, 0.05) is 16.0 Å². The van der Waals surface area contributed by atoms with Crippen LogP contribution in [0.2, 0.25) is 0 Å². The molecule has 1 heterocycles. The SMILES string of the molecule is COc1cccc(C=Nn2c(C3CCCCC3)nc3ccc(Br)cc3c2=O)c1OCc1ccc(C)cc1. The molecule has 0 bridgehead atoms. The second kappa shape index (κ2) is 11.3. The van der Waals surface area contributed by atoms with Gasteiger partial charge in [-0.05, 0) is 55.7 Å². The maximum absolute atomic E-state index is 13.6. The van der Waals surface area contributed by atoms with Crippen LogP contribution in [0, 0.1) is 6.92 Å². The van der Waals surface area contributed by atoms with Gasteiger partial charge in [-0.25, -0.2) is 4.98 Å². The van der Waals surface area contributed by atoms with Crippen molar-refractivity contribution in [3.63, 3.8) is 0 Å². The summed E-state index contributed by atoms with van der Waals surface area (Å²) in [4.78, 5) is 18.6. The van der Waals surface area contributed by atoms with E-state index in [2.05, 4.69) is 35.0 Å². The molecule has 0 radical (unpaired) electrons. The monoisotopic (exact) mass is 559 g/mol. The third-order valence-electron chi connectivity index (χ3n) is 6.85. The van der Waals surface area contributed by atoms with Gasteiger partial charge in [0.1, 0.15) is 12.4 Å². The highest BCUT2D eigenvalue weighted by atomic mass is 79.9. The van der Waals surface area contributed by atoms with Gasteiger partial charge in [0.25, 0.3) is 5.56 Å². The molecule has 37 heavy (non-hydrogen) atoms. The standard InChI is InChI=1S/C30H30BrN3O3/c1-20-11-13-21(14-12-20)19-37-28-23(9-6-10-27(28)36-2)18-32-34-29(22-7-4-3-5-8-22)33-26-16-15-24(31)17-25(26)30(34)35/h6,9-18,22H,3-5,7-8,19H2,1-2H3. The first-order chi connectivity index (χ1) is 18.0. The van der Waals surface area contributed by atoms with Crippen LogP contribution in [-0.4, -0.2) is 23.0 Å². The summed E-state index contributed by atoms with van der Waals surface area (Å²) in [5.74, 6) is 2.12. The number of halogens is 1. The van der Waals surface area contributed by atoms with E-state index >= 15 is 0 Å². The zero-order chi connectivity index (χ0) is 25.8. The first kappa shape index (κ1) is 25.2. The fraction of sp³-hybridized carbons (Fsp3) is 0.300. The Bertz CT molecular complexity index is 1490. The number of methoxy groups -OCH3 is 1. The van der Waals surface area contributed by atoms with Crippen molar-refractivity contribution in [2.24, 2.45) is 5.10 Å². The van der Waals surface area contributed by atoms with Crippen molar-refractivity contribution in [3.05, 3.63) is 98.0 Å². The Hall–Kier alpha value is -3.45. The van der Waals surface area contributed by atoms with Gasteiger partial charge in [-0.15, -0.1) is 0 Å². The second-order valence-corrected chi connectivity index (χ2v) is 10.4. The fourth-order valence-corrected chi connectivity index (χ4v) is 5.17. The lowest BCUT2D eigenvalue weighted by atomic mass is 9.88. The molecule has 7 heteroatoms. The quantitative estimate of drug-likeness (QED) is 0.229. The topological polar surface area (TPSA) is 65.7 Å². The average Bonchev–Trinajstić information content (AvgIpc) is 2.93. The zero-order valence-electron chi connectivity index (χ0n) is 21.1. The van der Waals surface area contributed by atoms with Crippen LogP contribution in [0.15, 0.2) is 75.0 Å². The van der Waals surface area contributed by atoms with Crippen LogP contribution < -0.4 is 15.0 Å². The fourth-order valence-electron chi connectivity index (χ4n) is 4.81. The third-order valence-corrected chi connectivity index (χ3v) is 7.34. The highest BCUT2D eigenvalue weighted by molar-refractivity contribution is 9.10. The van der Waals surface area contributed by atoms with E-state index in [1.165, 1.54) is 16.7 Å². The molecule has 0 unspecified atom stereocenters. The lowest BCUT2D eigenvalue weighted by molar-refractivity contribution is 0.284. The van der Waals surface area contributed by atoms with E-state index in [-0.39, 0.29) is 11.5 Å². The number of nitrogens with zero attached hydrogens (tertiary/aromatic N) is 3. The van der Waals surface area contributed by atoms with E-state index in [9.17, 15) is 4.79 Å². The van der Waals surface area contributed by atoms with E-state index in [0.29, 0.717) is 29.0 Å². The Morgan fingerprint density at radius 2 is 1.86 bits per heavy atom. The van der Waals surface area contributed by atoms with Crippen LogP contribution in [0.25, 0.3) is 10.9 Å². The lowest BCUT2D eigenvalue weighted by Gasteiger charge is -2.22. The summed E-state index contributed by atoms with van der Waals surface area (Å²) in [6.45, 7) is 2.45. The number of para-hydroxylation sites is 1.